The van der Waals surface area contributed by atoms with Crippen LogP contribution in [0.1, 0.15) is 19.8 Å². The lowest BCUT2D eigenvalue weighted by molar-refractivity contribution is 0.0627. The first-order valence-corrected chi connectivity index (χ1v) is 4.84. The van der Waals surface area contributed by atoms with Crippen molar-refractivity contribution >= 4 is 6.03 Å². The fourth-order valence-electron chi connectivity index (χ4n) is 1.42. The summed E-state index contributed by atoms with van der Waals surface area (Å²) < 4.78 is 0. The second kappa shape index (κ2) is 5.51. The van der Waals surface area contributed by atoms with Gasteiger partial charge in [-0.05, 0) is 18.8 Å². The molecule has 1 N–H and O–H groups in total. The lowest BCUT2D eigenvalue weighted by atomic mass is 10.00. The largest absolute Gasteiger partial charge is 0.341 e. The molecule has 0 unspecified atom stereocenters. The number of urea groups is 1. The zero-order valence-electron chi connectivity index (χ0n) is 8.45. The Labute approximate surface area is 84.6 Å². The van der Waals surface area contributed by atoms with Gasteiger partial charge in [-0.15, -0.1) is 6.42 Å². The number of rotatable bonds is 2. The van der Waals surface area contributed by atoms with E-state index in [0.717, 1.165) is 25.9 Å². The van der Waals surface area contributed by atoms with Gasteiger partial charge in [0.2, 0.25) is 0 Å². The molecule has 4 nitrogen and oxygen atoms in total. The number of likely N-dealkylation sites (tertiary alicyclic amines) is 1. The van der Waals surface area contributed by atoms with Crippen molar-refractivity contribution in [2.75, 3.05) is 19.7 Å². The van der Waals surface area contributed by atoms with E-state index in [1.807, 2.05) is 0 Å². The van der Waals surface area contributed by atoms with E-state index >= 15 is 0 Å². The number of carbonyl (C=O) groups is 1. The van der Waals surface area contributed by atoms with Crippen LogP contribution < -0.4 is 5.48 Å². The highest BCUT2D eigenvalue weighted by Gasteiger charge is 2.19. The number of terminal acetylenes is 1. The smallest absolute Gasteiger partial charge is 0.323 e. The van der Waals surface area contributed by atoms with Crippen molar-refractivity contribution in [1.29, 1.82) is 0 Å². The van der Waals surface area contributed by atoms with Crippen LogP contribution in [0.2, 0.25) is 0 Å². The highest BCUT2D eigenvalue weighted by atomic mass is 16.7. The molecule has 0 aromatic carbocycles. The molecule has 0 atom stereocenters. The topological polar surface area (TPSA) is 41.6 Å². The molecule has 78 valence electrons. The average molecular weight is 196 g/mol. The van der Waals surface area contributed by atoms with Gasteiger partial charge in [0.05, 0.1) is 0 Å². The Bertz CT molecular complexity index is 227. The van der Waals surface area contributed by atoms with Gasteiger partial charge in [-0.25, -0.2) is 10.3 Å². The summed E-state index contributed by atoms with van der Waals surface area (Å²) in [6.07, 6.45) is 7.09. The number of piperidine rings is 1. The summed E-state index contributed by atoms with van der Waals surface area (Å²) in [4.78, 5) is 17.9. The Balaban J connectivity index is 2.21. The summed E-state index contributed by atoms with van der Waals surface area (Å²) in [5.74, 6) is 2.99. The minimum absolute atomic E-state index is 0.107. The molecule has 1 aliphatic heterocycles. The van der Waals surface area contributed by atoms with Crippen LogP contribution in [0.4, 0.5) is 4.79 Å². The number of amides is 2. The van der Waals surface area contributed by atoms with Crippen molar-refractivity contribution in [3.05, 3.63) is 0 Å². The number of hydrogen-bond acceptors (Lipinski definition) is 2. The lowest BCUT2D eigenvalue weighted by Crippen LogP contribution is -2.44. The van der Waals surface area contributed by atoms with Crippen molar-refractivity contribution in [2.45, 2.75) is 19.8 Å². The molecule has 0 aromatic rings. The predicted octanol–water partition coefficient (Wildman–Crippen LogP) is 0.993. The van der Waals surface area contributed by atoms with Gasteiger partial charge < -0.3 is 4.90 Å². The van der Waals surface area contributed by atoms with E-state index in [-0.39, 0.29) is 12.6 Å². The van der Waals surface area contributed by atoms with Gasteiger partial charge in [0.15, 0.2) is 0 Å². The lowest BCUT2D eigenvalue weighted by Gasteiger charge is -2.29. The van der Waals surface area contributed by atoms with E-state index in [2.05, 4.69) is 18.3 Å². The molecule has 0 spiro atoms. The van der Waals surface area contributed by atoms with Crippen molar-refractivity contribution in [2.24, 2.45) is 5.92 Å². The van der Waals surface area contributed by atoms with Crippen molar-refractivity contribution in [1.82, 2.24) is 10.4 Å². The van der Waals surface area contributed by atoms with E-state index in [1.165, 1.54) is 0 Å². The first-order valence-electron chi connectivity index (χ1n) is 4.84. The maximum Gasteiger partial charge on any atom is 0.341 e. The maximum atomic E-state index is 11.4. The molecule has 0 bridgehead atoms. The number of nitrogens with one attached hydrogen (secondary N) is 1. The number of nitrogens with zero attached hydrogens (tertiary/aromatic N) is 1. The molecular formula is C10H16N2O2. The molecule has 1 rings (SSSR count). The van der Waals surface area contributed by atoms with E-state index in [0.29, 0.717) is 5.92 Å². The van der Waals surface area contributed by atoms with Gasteiger partial charge in [-0.3, -0.25) is 4.84 Å². The SMILES string of the molecule is C#CCONC(=O)N1CCC(C)CC1. The minimum atomic E-state index is -0.188. The van der Waals surface area contributed by atoms with Crippen molar-refractivity contribution in [3.8, 4) is 12.3 Å². The summed E-state index contributed by atoms with van der Waals surface area (Å²) >= 11 is 0. The standard InChI is InChI=1S/C10H16N2O2/c1-3-8-14-11-10(13)12-6-4-9(2)5-7-12/h1,9H,4-8H2,2H3,(H,11,13). The average Bonchev–Trinajstić information content (AvgIpc) is 2.19. The summed E-state index contributed by atoms with van der Waals surface area (Å²) in [5, 5.41) is 0. The van der Waals surface area contributed by atoms with Gasteiger partial charge >= 0.3 is 6.03 Å². The summed E-state index contributed by atoms with van der Waals surface area (Å²) in [6, 6.07) is -0.188. The molecule has 0 saturated carbocycles. The molecule has 1 saturated heterocycles. The summed E-state index contributed by atoms with van der Waals surface area (Å²) in [5.41, 5.74) is 2.31. The fourth-order valence-corrected chi connectivity index (χ4v) is 1.42. The van der Waals surface area contributed by atoms with Crippen LogP contribution >= 0.6 is 0 Å². The van der Waals surface area contributed by atoms with Gasteiger partial charge in [0.25, 0.3) is 0 Å². The summed E-state index contributed by atoms with van der Waals surface area (Å²) in [6.45, 7) is 3.90. The molecule has 2 amide bonds. The normalized spacial score (nSPS) is 17.6. The molecular weight excluding hydrogens is 180 g/mol. The Kier molecular flexibility index (Phi) is 4.27. The van der Waals surface area contributed by atoms with Crippen LogP contribution in [0.3, 0.4) is 0 Å². The zero-order chi connectivity index (χ0) is 10.4. The molecule has 4 heteroatoms. The molecule has 1 fully saturated rings. The Morgan fingerprint density at radius 3 is 2.86 bits per heavy atom. The first-order chi connectivity index (χ1) is 6.74. The second-order valence-electron chi connectivity index (χ2n) is 3.57. The Morgan fingerprint density at radius 1 is 1.64 bits per heavy atom. The Morgan fingerprint density at radius 2 is 2.29 bits per heavy atom. The summed E-state index contributed by atoms with van der Waals surface area (Å²) in [7, 11) is 0. The molecule has 0 aromatic heterocycles. The fraction of sp³-hybridized carbons (Fsp3) is 0.700. The number of hydrogen-bond donors (Lipinski definition) is 1. The highest BCUT2D eigenvalue weighted by molar-refractivity contribution is 5.73. The van der Waals surface area contributed by atoms with Crippen LogP contribution in [0.5, 0.6) is 0 Å². The first kappa shape index (κ1) is 10.9. The third-order valence-corrected chi connectivity index (χ3v) is 2.39. The van der Waals surface area contributed by atoms with E-state index < -0.39 is 0 Å². The van der Waals surface area contributed by atoms with Crippen LogP contribution in [0.25, 0.3) is 0 Å². The number of carbonyl (C=O) groups excluding carboxylic acids is 1. The molecule has 0 aliphatic carbocycles. The molecule has 1 aliphatic rings. The van der Waals surface area contributed by atoms with E-state index in [4.69, 9.17) is 11.3 Å². The van der Waals surface area contributed by atoms with Crippen LogP contribution in [-0.4, -0.2) is 30.6 Å². The van der Waals surface area contributed by atoms with Crippen LogP contribution in [0, 0.1) is 18.3 Å². The van der Waals surface area contributed by atoms with Crippen LogP contribution in [-0.2, 0) is 4.84 Å². The van der Waals surface area contributed by atoms with Crippen LogP contribution in [0.15, 0.2) is 0 Å². The van der Waals surface area contributed by atoms with Gasteiger partial charge in [-0.2, -0.15) is 0 Å². The minimum Gasteiger partial charge on any atom is -0.323 e. The third kappa shape index (κ3) is 3.27. The van der Waals surface area contributed by atoms with E-state index in [1.54, 1.807) is 4.90 Å². The predicted molar refractivity (Wildman–Crippen MR) is 53.3 cm³/mol. The maximum absolute atomic E-state index is 11.4. The van der Waals surface area contributed by atoms with Crippen molar-refractivity contribution in [3.63, 3.8) is 0 Å². The molecule has 14 heavy (non-hydrogen) atoms. The zero-order valence-corrected chi connectivity index (χ0v) is 8.45. The Hall–Kier alpha value is -1.21. The van der Waals surface area contributed by atoms with Crippen molar-refractivity contribution < 1.29 is 9.63 Å². The van der Waals surface area contributed by atoms with Gasteiger partial charge in [-0.1, -0.05) is 12.8 Å². The third-order valence-electron chi connectivity index (χ3n) is 2.39. The monoisotopic (exact) mass is 196 g/mol. The second-order valence-corrected chi connectivity index (χ2v) is 3.57. The van der Waals surface area contributed by atoms with Gasteiger partial charge in [0.1, 0.15) is 6.61 Å². The quantitative estimate of drug-likeness (QED) is 0.406. The molecule has 1 heterocycles. The van der Waals surface area contributed by atoms with Gasteiger partial charge in [0, 0.05) is 13.1 Å². The molecule has 0 radical (unpaired) electrons. The highest BCUT2D eigenvalue weighted by Crippen LogP contribution is 2.15. The van der Waals surface area contributed by atoms with E-state index in [9.17, 15) is 4.79 Å². The number of hydroxylamine groups is 1.